The molecule has 0 aliphatic carbocycles. The van der Waals surface area contributed by atoms with E-state index in [-0.39, 0.29) is 5.97 Å². The predicted octanol–water partition coefficient (Wildman–Crippen LogP) is 5.72. The molecule has 4 aromatic rings. The third kappa shape index (κ3) is 4.05. The third-order valence-corrected chi connectivity index (χ3v) is 6.88. The second-order valence-corrected chi connectivity index (χ2v) is 8.82. The molecule has 1 aliphatic heterocycles. The Balaban J connectivity index is 1.69. The highest BCUT2D eigenvalue weighted by Crippen LogP contribution is 2.38. The van der Waals surface area contributed by atoms with Gasteiger partial charge in [-0.3, -0.25) is 4.98 Å². The first-order chi connectivity index (χ1) is 16.2. The van der Waals surface area contributed by atoms with Crippen LogP contribution in [0.25, 0.3) is 33.2 Å². The van der Waals surface area contributed by atoms with Crippen LogP contribution >= 0.6 is 0 Å². The second-order valence-electron chi connectivity index (χ2n) is 8.82. The fourth-order valence-corrected chi connectivity index (χ4v) is 5.04. The van der Waals surface area contributed by atoms with Gasteiger partial charge in [0.05, 0.1) is 12.7 Å². The van der Waals surface area contributed by atoms with E-state index in [1.54, 1.807) is 0 Å². The number of ether oxygens (including phenoxy) is 1. The number of aromatic nitrogens is 2. The van der Waals surface area contributed by atoms with Gasteiger partial charge in [0, 0.05) is 52.2 Å². The first kappa shape index (κ1) is 21.4. The fourth-order valence-electron chi connectivity index (χ4n) is 5.04. The molecule has 2 aromatic heterocycles. The lowest BCUT2D eigenvalue weighted by molar-refractivity contribution is 0.0603. The topological polar surface area (TPSA) is 56.1 Å². The minimum Gasteiger partial charge on any atom is -0.465 e. The highest BCUT2D eigenvalue weighted by Gasteiger charge is 2.25. The van der Waals surface area contributed by atoms with Crippen LogP contribution in [0.15, 0.2) is 73.2 Å². The first-order valence-electron chi connectivity index (χ1n) is 11.6. The summed E-state index contributed by atoms with van der Waals surface area (Å²) in [5.41, 5.74) is 5.80. The van der Waals surface area contributed by atoms with Gasteiger partial charge in [0.2, 0.25) is 0 Å². The highest BCUT2D eigenvalue weighted by molar-refractivity contribution is 6.10. The number of fused-ring (bicyclic) bond motifs is 1. The standard InChI is InChI=1S/C28H29N3O2/c1-19(21-10-7-13-29-15-21)31-18-25(27-24(28(32)33-2)11-6-12-26(27)31)23-14-22(16-30-17-23)20-8-4-3-5-9-20/h3-6,8-9,11-12,14,16-19,21,29H,7,10,13,15H2,1-2H3. The summed E-state index contributed by atoms with van der Waals surface area (Å²) < 4.78 is 7.48. The van der Waals surface area contributed by atoms with Crippen molar-refractivity contribution in [3.63, 3.8) is 0 Å². The fraction of sp³-hybridized carbons (Fsp3) is 0.286. The van der Waals surface area contributed by atoms with Crippen molar-refractivity contribution in [1.29, 1.82) is 0 Å². The van der Waals surface area contributed by atoms with E-state index in [4.69, 9.17) is 4.74 Å². The number of methoxy groups -OCH3 is 1. The molecule has 1 fully saturated rings. The van der Waals surface area contributed by atoms with Gasteiger partial charge in [0.1, 0.15) is 0 Å². The van der Waals surface area contributed by atoms with Crippen LogP contribution in [0.4, 0.5) is 0 Å². The number of benzene rings is 2. The number of hydrogen-bond acceptors (Lipinski definition) is 4. The lowest BCUT2D eigenvalue weighted by atomic mass is 9.92. The van der Waals surface area contributed by atoms with Gasteiger partial charge in [0.15, 0.2) is 0 Å². The van der Waals surface area contributed by atoms with E-state index in [0.717, 1.165) is 46.2 Å². The first-order valence-corrected chi connectivity index (χ1v) is 11.6. The van der Waals surface area contributed by atoms with E-state index in [0.29, 0.717) is 17.5 Å². The molecule has 5 heteroatoms. The molecule has 168 valence electrons. The van der Waals surface area contributed by atoms with Crippen LogP contribution in [0.5, 0.6) is 0 Å². The maximum Gasteiger partial charge on any atom is 0.338 e. The van der Waals surface area contributed by atoms with Gasteiger partial charge in [-0.25, -0.2) is 4.79 Å². The molecule has 1 aliphatic rings. The SMILES string of the molecule is COC(=O)c1cccc2c1c(-c1cncc(-c3ccccc3)c1)cn2C(C)C1CCCNC1. The Hall–Kier alpha value is -3.44. The van der Waals surface area contributed by atoms with Gasteiger partial charge >= 0.3 is 5.97 Å². The van der Waals surface area contributed by atoms with Crippen LogP contribution in [-0.4, -0.2) is 35.7 Å². The highest BCUT2D eigenvalue weighted by atomic mass is 16.5. The van der Waals surface area contributed by atoms with Crippen LogP contribution in [0, 0.1) is 5.92 Å². The Morgan fingerprint density at radius 3 is 2.67 bits per heavy atom. The average Bonchev–Trinajstić information content (AvgIpc) is 3.29. The normalized spacial score (nSPS) is 17.1. The molecule has 1 saturated heterocycles. The molecule has 2 atom stereocenters. The minimum absolute atomic E-state index is 0.298. The number of rotatable bonds is 5. The Bertz CT molecular complexity index is 1270. The summed E-state index contributed by atoms with van der Waals surface area (Å²) in [5.74, 6) is 0.219. The molecule has 1 N–H and O–H groups in total. The van der Waals surface area contributed by atoms with Crippen LogP contribution < -0.4 is 5.32 Å². The van der Waals surface area contributed by atoms with Crippen LogP contribution in [-0.2, 0) is 4.74 Å². The van der Waals surface area contributed by atoms with E-state index in [9.17, 15) is 4.79 Å². The summed E-state index contributed by atoms with van der Waals surface area (Å²) in [5, 5.41) is 4.46. The number of hydrogen-bond donors (Lipinski definition) is 1. The molecular formula is C28H29N3O2. The summed E-state index contributed by atoms with van der Waals surface area (Å²) in [6, 6.07) is 18.6. The van der Waals surface area contributed by atoms with E-state index in [1.165, 1.54) is 20.0 Å². The Morgan fingerprint density at radius 2 is 1.91 bits per heavy atom. The smallest absolute Gasteiger partial charge is 0.338 e. The van der Waals surface area contributed by atoms with E-state index < -0.39 is 0 Å². The minimum atomic E-state index is -0.321. The molecule has 0 amide bonds. The molecule has 3 heterocycles. The summed E-state index contributed by atoms with van der Waals surface area (Å²) in [6.07, 6.45) is 8.35. The molecule has 0 radical (unpaired) electrons. The molecule has 2 unspecified atom stereocenters. The van der Waals surface area contributed by atoms with Crippen LogP contribution in [0.1, 0.15) is 36.2 Å². The second kappa shape index (κ2) is 9.20. The van der Waals surface area contributed by atoms with Gasteiger partial charge in [0.25, 0.3) is 0 Å². The van der Waals surface area contributed by atoms with Gasteiger partial charge in [-0.1, -0.05) is 36.4 Å². The van der Waals surface area contributed by atoms with Gasteiger partial charge in [-0.2, -0.15) is 0 Å². The number of esters is 1. The third-order valence-electron chi connectivity index (χ3n) is 6.88. The predicted molar refractivity (Wildman–Crippen MR) is 132 cm³/mol. The van der Waals surface area contributed by atoms with Crippen molar-refractivity contribution in [3.8, 4) is 22.3 Å². The molecule has 5 nitrogen and oxygen atoms in total. The largest absolute Gasteiger partial charge is 0.465 e. The zero-order valence-electron chi connectivity index (χ0n) is 19.1. The van der Waals surface area contributed by atoms with Gasteiger partial charge in [-0.05, 0) is 62.5 Å². The van der Waals surface area contributed by atoms with Crippen LogP contribution in [0.2, 0.25) is 0 Å². The number of piperidine rings is 1. The molecule has 0 spiro atoms. The van der Waals surface area contributed by atoms with Crippen molar-refractivity contribution in [2.24, 2.45) is 5.92 Å². The van der Waals surface area contributed by atoms with E-state index in [2.05, 4.69) is 52.3 Å². The van der Waals surface area contributed by atoms with E-state index in [1.807, 2.05) is 42.7 Å². The number of nitrogens with one attached hydrogen (secondary N) is 1. The number of nitrogens with zero attached hydrogens (tertiary/aromatic N) is 2. The number of pyridine rings is 1. The van der Waals surface area contributed by atoms with E-state index >= 15 is 0 Å². The van der Waals surface area contributed by atoms with Gasteiger partial charge < -0.3 is 14.6 Å². The molecule has 33 heavy (non-hydrogen) atoms. The van der Waals surface area contributed by atoms with Crippen molar-refractivity contribution in [3.05, 3.63) is 78.8 Å². The average molecular weight is 440 g/mol. The monoisotopic (exact) mass is 439 g/mol. The molecule has 0 saturated carbocycles. The van der Waals surface area contributed by atoms with Crippen molar-refractivity contribution < 1.29 is 9.53 Å². The van der Waals surface area contributed by atoms with Gasteiger partial charge in [-0.15, -0.1) is 0 Å². The quantitative estimate of drug-likeness (QED) is 0.404. The van der Waals surface area contributed by atoms with Crippen molar-refractivity contribution in [2.75, 3.05) is 20.2 Å². The molecular weight excluding hydrogens is 410 g/mol. The summed E-state index contributed by atoms with van der Waals surface area (Å²) in [4.78, 5) is 17.3. The maximum atomic E-state index is 12.7. The lowest BCUT2D eigenvalue weighted by Gasteiger charge is -2.30. The molecule has 5 rings (SSSR count). The Morgan fingerprint density at radius 1 is 1.09 bits per heavy atom. The summed E-state index contributed by atoms with van der Waals surface area (Å²) in [6.45, 7) is 4.38. The maximum absolute atomic E-state index is 12.7. The summed E-state index contributed by atoms with van der Waals surface area (Å²) in [7, 11) is 1.44. The zero-order chi connectivity index (χ0) is 22.8. The summed E-state index contributed by atoms with van der Waals surface area (Å²) >= 11 is 0. The van der Waals surface area contributed by atoms with Crippen molar-refractivity contribution in [1.82, 2.24) is 14.9 Å². The van der Waals surface area contributed by atoms with Crippen LogP contribution in [0.3, 0.4) is 0 Å². The Kier molecular flexibility index (Phi) is 5.97. The van der Waals surface area contributed by atoms with Crippen molar-refractivity contribution in [2.45, 2.75) is 25.8 Å². The molecule has 0 bridgehead atoms. The zero-order valence-corrected chi connectivity index (χ0v) is 19.1. The molecule has 2 aromatic carbocycles. The lowest BCUT2D eigenvalue weighted by Crippen LogP contribution is -2.34. The number of carbonyl (C=O) groups excluding carboxylic acids is 1. The number of carbonyl (C=O) groups is 1. The van der Waals surface area contributed by atoms with Crippen molar-refractivity contribution >= 4 is 16.9 Å². The Labute approximate surface area is 194 Å².